The van der Waals surface area contributed by atoms with Gasteiger partial charge < -0.3 is 20.3 Å². The molecule has 0 saturated heterocycles. The predicted octanol–water partition coefficient (Wildman–Crippen LogP) is 0.525. The second-order valence-electron chi connectivity index (χ2n) is 5.05. The summed E-state index contributed by atoms with van der Waals surface area (Å²) in [6.45, 7) is 0. The highest BCUT2D eigenvalue weighted by molar-refractivity contribution is 6.33. The summed E-state index contributed by atoms with van der Waals surface area (Å²) in [5.74, 6) is -2.86. The van der Waals surface area contributed by atoms with E-state index in [9.17, 15) is 25.1 Å². The van der Waals surface area contributed by atoms with Gasteiger partial charge in [-0.1, -0.05) is 29.5 Å². The fraction of sp³-hybridized carbons (Fsp3) is 0.308. The van der Waals surface area contributed by atoms with Crippen molar-refractivity contribution in [3.8, 4) is 5.75 Å². The summed E-state index contributed by atoms with van der Waals surface area (Å²) < 4.78 is 0. The first-order valence-electron chi connectivity index (χ1n) is 6.23. The van der Waals surface area contributed by atoms with E-state index in [1.54, 1.807) is 12.2 Å². The molecule has 0 saturated carbocycles. The van der Waals surface area contributed by atoms with Gasteiger partial charge in [-0.2, -0.15) is 0 Å². The molecule has 0 radical (unpaired) electrons. The molecule has 1 aromatic carbocycles. The molecular formula is C13H9ClN2O5-2. The fourth-order valence-electron chi connectivity index (χ4n) is 3.12. The van der Waals surface area contributed by atoms with Crippen LogP contribution in [0.15, 0.2) is 18.2 Å². The van der Waals surface area contributed by atoms with Crippen molar-refractivity contribution in [2.45, 2.75) is 18.4 Å². The zero-order valence-corrected chi connectivity index (χ0v) is 11.3. The number of allylic oxidation sites excluding steroid dienone is 2. The molecule has 0 aromatic heterocycles. The van der Waals surface area contributed by atoms with Crippen LogP contribution < -0.4 is 15.5 Å². The smallest absolute Gasteiger partial charge is 0.293 e. The van der Waals surface area contributed by atoms with Gasteiger partial charge in [-0.3, -0.25) is 10.1 Å². The molecule has 1 aliphatic heterocycles. The lowest BCUT2D eigenvalue weighted by molar-refractivity contribution is -0.385. The molecule has 1 heterocycles. The number of carbonyl (C=O) groups excluding carboxylic acids is 1. The number of carboxylic acid groups (broad SMARTS) is 1. The average molecular weight is 309 g/mol. The molecular weight excluding hydrogens is 300 g/mol. The van der Waals surface area contributed by atoms with Gasteiger partial charge in [-0.25, -0.2) is 0 Å². The van der Waals surface area contributed by atoms with E-state index in [1.807, 2.05) is 0 Å². The number of hydrogen-bond acceptors (Lipinski definition) is 6. The van der Waals surface area contributed by atoms with E-state index in [0.717, 1.165) is 6.07 Å². The predicted molar refractivity (Wildman–Crippen MR) is 70.0 cm³/mol. The number of carboxylic acids is 1. The number of hydrogen-bond donors (Lipinski definition) is 1. The first-order valence-corrected chi connectivity index (χ1v) is 6.61. The Balaban J connectivity index is 2.27. The van der Waals surface area contributed by atoms with Crippen LogP contribution in [0.2, 0.25) is 5.02 Å². The largest absolute Gasteiger partial charge is 0.871 e. The number of anilines is 1. The first-order chi connectivity index (χ1) is 9.91. The van der Waals surface area contributed by atoms with Crippen molar-refractivity contribution < 1.29 is 19.9 Å². The van der Waals surface area contributed by atoms with Crippen LogP contribution in [0.3, 0.4) is 0 Å². The number of carbonyl (C=O) groups is 1. The number of nitro benzene ring substituents is 1. The van der Waals surface area contributed by atoms with E-state index < -0.39 is 34.5 Å². The Morgan fingerprint density at radius 1 is 1.48 bits per heavy atom. The van der Waals surface area contributed by atoms with E-state index in [4.69, 9.17) is 11.6 Å². The number of benzene rings is 1. The molecule has 21 heavy (non-hydrogen) atoms. The number of aliphatic carboxylic acids is 1. The molecule has 0 fully saturated rings. The van der Waals surface area contributed by atoms with Gasteiger partial charge in [0.05, 0.1) is 22.5 Å². The molecule has 0 bridgehead atoms. The first kappa shape index (κ1) is 13.7. The highest BCUT2D eigenvalue weighted by Crippen LogP contribution is 2.52. The number of rotatable bonds is 2. The summed E-state index contributed by atoms with van der Waals surface area (Å²) in [5, 5.41) is 36.8. The normalized spacial score (nSPS) is 25.9. The molecule has 0 spiro atoms. The summed E-state index contributed by atoms with van der Waals surface area (Å²) in [7, 11) is 0. The minimum Gasteiger partial charge on any atom is -0.871 e. The second kappa shape index (κ2) is 4.63. The van der Waals surface area contributed by atoms with Crippen molar-refractivity contribution in [3.05, 3.63) is 38.9 Å². The van der Waals surface area contributed by atoms with E-state index in [-0.39, 0.29) is 22.0 Å². The van der Waals surface area contributed by atoms with Gasteiger partial charge in [0.2, 0.25) is 0 Å². The fourth-order valence-corrected chi connectivity index (χ4v) is 3.39. The van der Waals surface area contributed by atoms with E-state index in [2.05, 4.69) is 5.32 Å². The molecule has 7 nitrogen and oxygen atoms in total. The van der Waals surface area contributed by atoms with E-state index in [0.29, 0.717) is 6.42 Å². The van der Waals surface area contributed by atoms with Gasteiger partial charge in [-0.05, 0) is 18.4 Å². The highest BCUT2D eigenvalue weighted by atomic mass is 35.5. The molecule has 0 amide bonds. The van der Waals surface area contributed by atoms with Gasteiger partial charge in [0, 0.05) is 11.6 Å². The average Bonchev–Trinajstić information content (AvgIpc) is 2.86. The van der Waals surface area contributed by atoms with Gasteiger partial charge in [-0.15, -0.1) is 0 Å². The number of halogens is 1. The summed E-state index contributed by atoms with van der Waals surface area (Å²) >= 11 is 5.83. The molecule has 2 aliphatic rings. The van der Waals surface area contributed by atoms with Crippen LogP contribution in [0.4, 0.5) is 11.4 Å². The minimum absolute atomic E-state index is 0.0758. The molecule has 0 unspecified atom stereocenters. The molecule has 3 rings (SSSR count). The van der Waals surface area contributed by atoms with Crippen LogP contribution in [-0.4, -0.2) is 16.9 Å². The Hall–Kier alpha value is -2.28. The minimum atomic E-state index is -1.34. The van der Waals surface area contributed by atoms with Gasteiger partial charge in [0.25, 0.3) is 5.69 Å². The summed E-state index contributed by atoms with van der Waals surface area (Å²) in [6.07, 6.45) is 3.87. The number of nitro groups is 1. The van der Waals surface area contributed by atoms with Crippen molar-refractivity contribution in [1.82, 2.24) is 0 Å². The second-order valence-corrected chi connectivity index (χ2v) is 5.45. The highest BCUT2D eigenvalue weighted by Gasteiger charge is 2.42. The summed E-state index contributed by atoms with van der Waals surface area (Å²) in [5.41, 5.74) is -0.265. The van der Waals surface area contributed by atoms with Gasteiger partial charge in [0.15, 0.2) is 0 Å². The Kier molecular flexibility index (Phi) is 3.02. The lowest BCUT2D eigenvalue weighted by atomic mass is 9.78. The van der Waals surface area contributed by atoms with Crippen molar-refractivity contribution in [1.29, 1.82) is 0 Å². The van der Waals surface area contributed by atoms with Gasteiger partial charge >= 0.3 is 0 Å². The number of fused-ring (bicyclic) bond motifs is 3. The summed E-state index contributed by atoms with van der Waals surface area (Å²) in [6, 6.07) is -0.136. The zero-order chi connectivity index (χ0) is 15.3. The van der Waals surface area contributed by atoms with Crippen LogP contribution in [0.1, 0.15) is 17.9 Å². The number of nitrogens with one attached hydrogen (secondary N) is 1. The topological polar surface area (TPSA) is 118 Å². The summed E-state index contributed by atoms with van der Waals surface area (Å²) in [4.78, 5) is 21.8. The van der Waals surface area contributed by atoms with Gasteiger partial charge in [0.1, 0.15) is 5.02 Å². The third-order valence-electron chi connectivity index (χ3n) is 3.97. The quantitative estimate of drug-likeness (QED) is 0.483. The van der Waals surface area contributed by atoms with E-state index in [1.165, 1.54) is 0 Å². The van der Waals surface area contributed by atoms with Crippen molar-refractivity contribution in [2.75, 3.05) is 5.32 Å². The lowest BCUT2D eigenvalue weighted by Gasteiger charge is -2.39. The van der Waals surface area contributed by atoms with Crippen LogP contribution >= 0.6 is 11.6 Å². The van der Waals surface area contributed by atoms with Crippen molar-refractivity contribution >= 4 is 28.9 Å². The SMILES string of the molecule is O=C([O-])[C@@H]1Nc2c([O-])cc(Cl)c([N+](=O)[O-])c2[C@H]2C=CC[C@@H]21. The molecule has 8 heteroatoms. The maximum absolute atomic E-state index is 12.0. The Labute approximate surface area is 124 Å². The Morgan fingerprint density at radius 2 is 2.19 bits per heavy atom. The van der Waals surface area contributed by atoms with Crippen molar-refractivity contribution in [3.63, 3.8) is 0 Å². The van der Waals surface area contributed by atoms with Crippen LogP contribution in [0.5, 0.6) is 5.75 Å². The molecule has 1 aromatic rings. The molecule has 1 aliphatic carbocycles. The monoisotopic (exact) mass is 308 g/mol. The zero-order valence-electron chi connectivity index (χ0n) is 10.5. The van der Waals surface area contributed by atoms with Crippen LogP contribution in [0, 0.1) is 16.0 Å². The Bertz CT molecular complexity index is 688. The van der Waals surface area contributed by atoms with E-state index >= 15 is 0 Å². The Morgan fingerprint density at radius 3 is 2.81 bits per heavy atom. The maximum Gasteiger partial charge on any atom is 0.293 e. The third-order valence-corrected chi connectivity index (χ3v) is 4.25. The number of nitrogens with zero attached hydrogens (tertiary/aromatic N) is 1. The lowest BCUT2D eigenvalue weighted by Crippen LogP contribution is -2.49. The molecule has 1 N–H and O–H groups in total. The molecule has 3 atom stereocenters. The maximum atomic E-state index is 12.0. The standard InChI is InChI=1S/C13H11ClN2O5/c14-7-4-8(17)11-9(12(7)16(20)21)5-2-1-3-6(5)10(15-11)13(18)19/h1-2,4-6,10,15,17H,3H2,(H,18,19)/p-2/t5-,6-,10+/m0/s1. The van der Waals surface area contributed by atoms with Crippen LogP contribution in [-0.2, 0) is 4.79 Å². The van der Waals surface area contributed by atoms with Crippen LogP contribution in [0.25, 0.3) is 0 Å². The third kappa shape index (κ3) is 1.92. The van der Waals surface area contributed by atoms with Crippen molar-refractivity contribution in [2.24, 2.45) is 5.92 Å². The molecule has 110 valence electrons.